The van der Waals surface area contributed by atoms with Gasteiger partial charge in [-0.05, 0) is 36.7 Å². The lowest BCUT2D eigenvalue weighted by Gasteiger charge is -2.07. The minimum atomic E-state index is -0.544. The Labute approximate surface area is 114 Å². The van der Waals surface area contributed by atoms with Crippen molar-refractivity contribution >= 4 is 23.2 Å². The molecule has 19 heavy (non-hydrogen) atoms. The van der Waals surface area contributed by atoms with Crippen molar-refractivity contribution in [2.45, 2.75) is 6.92 Å². The number of ether oxygens (including phenoxy) is 1. The zero-order chi connectivity index (χ0) is 13.8. The molecule has 0 unspecified atom stereocenters. The monoisotopic (exact) mass is 283 g/mol. The molecule has 0 bridgehead atoms. The maximum atomic E-state index is 13.6. The number of nitrogens with one attached hydrogen (secondary N) is 1. The normalized spacial score (nSPS) is 10.3. The number of furan rings is 1. The highest BCUT2D eigenvalue weighted by molar-refractivity contribution is 6.32. The molecule has 100 valence electrons. The smallest absolute Gasteiger partial charge is 0.260 e. The van der Waals surface area contributed by atoms with Gasteiger partial charge in [-0.1, -0.05) is 0 Å². The first-order valence-corrected chi connectivity index (χ1v) is 5.96. The van der Waals surface area contributed by atoms with E-state index >= 15 is 0 Å². The predicted molar refractivity (Wildman–Crippen MR) is 69.2 cm³/mol. The maximum Gasteiger partial charge on any atom is 0.260 e. The van der Waals surface area contributed by atoms with Gasteiger partial charge in [0.05, 0.1) is 18.4 Å². The van der Waals surface area contributed by atoms with E-state index in [0.29, 0.717) is 12.3 Å². The van der Waals surface area contributed by atoms with Crippen LogP contribution >= 0.6 is 11.6 Å². The zero-order valence-corrected chi connectivity index (χ0v) is 10.8. The fourth-order valence-corrected chi connectivity index (χ4v) is 1.71. The molecule has 0 radical (unpaired) electrons. The number of carbonyl (C=O) groups is 1. The van der Waals surface area contributed by atoms with E-state index in [1.165, 1.54) is 24.5 Å². The lowest BCUT2D eigenvalue weighted by molar-refractivity contribution is 0.102. The Morgan fingerprint density at radius 2 is 2.26 bits per heavy atom. The number of hydrogen-bond acceptors (Lipinski definition) is 3. The van der Waals surface area contributed by atoms with Crippen molar-refractivity contribution in [3.63, 3.8) is 0 Å². The molecule has 4 nitrogen and oxygen atoms in total. The number of benzene rings is 1. The van der Waals surface area contributed by atoms with Crippen LogP contribution in [0.3, 0.4) is 0 Å². The second-order valence-corrected chi connectivity index (χ2v) is 3.98. The van der Waals surface area contributed by atoms with Gasteiger partial charge in [0.2, 0.25) is 5.22 Å². The molecule has 0 aliphatic rings. The second-order valence-electron chi connectivity index (χ2n) is 3.64. The van der Waals surface area contributed by atoms with Gasteiger partial charge in [0.15, 0.2) is 11.6 Å². The molecule has 6 heteroatoms. The highest BCUT2D eigenvalue weighted by Gasteiger charge is 2.14. The van der Waals surface area contributed by atoms with Crippen molar-refractivity contribution in [3.8, 4) is 5.75 Å². The first kappa shape index (κ1) is 13.4. The van der Waals surface area contributed by atoms with E-state index in [1.54, 1.807) is 13.0 Å². The molecule has 0 saturated heterocycles. The van der Waals surface area contributed by atoms with Crippen LogP contribution in [0.1, 0.15) is 17.3 Å². The number of halogens is 2. The van der Waals surface area contributed by atoms with Gasteiger partial charge in [-0.25, -0.2) is 4.39 Å². The summed E-state index contributed by atoms with van der Waals surface area (Å²) in [4.78, 5) is 11.8. The van der Waals surface area contributed by atoms with Gasteiger partial charge < -0.3 is 14.5 Å². The number of anilines is 1. The van der Waals surface area contributed by atoms with Crippen molar-refractivity contribution in [3.05, 3.63) is 47.1 Å². The molecule has 0 saturated carbocycles. The van der Waals surface area contributed by atoms with Gasteiger partial charge in [-0.2, -0.15) is 0 Å². The third-order valence-corrected chi connectivity index (χ3v) is 2.64. The van der Waals surface area contributed by atoms with Crippen LogP contribution in [-0.4, -0.2) is 12.5 Å². The molecule has 1 aromatic heterocycles. The molecule has 0 aliphatic carbocycles. The molecule has 0 aliphatic heterocycles. The zero-order valence-electron chi connectivity index (χ0n) is 10.1. The van der Waals surface area contributed by atoms with Crippen LogP contribution in [0.25, 0.3) is 0 Å². The molecular formula is C13H11ClFNO3. The molecule has 1 heterocycles. The Bertz CT molecular complexity index is 597. The van der Waals surface area contributed by atoms with Crippen LogP contribution < -0.4 is 10.1 Å². The molecule has 0 fully saturated rings. The van der Waals surface area contributed by atoms with Crippen LogP contribution in [0.2, 0.25) is 5.22 Å². The maximum absolute atomic E-state index is 13.6. The van der Waals surface area contributed by atoms with E-state index in [-0.39, 0.29) is 16.5 Å². The highest BCUT2D eigenvalue weighted by Crippen LogP contribution is 2.23. The minimum absolute atomic E-state index is 0.0103. The first-order valence-electron chi connectivity index (χ1n) is 5.58. The summed E-state index contributed by atoms with van der Waals surface area (Å²) in [6.07, 6.45) is 1.30. The number of carbonyl (C=O) groups excluding carboxylic acids is 1. The summed E-state index contributed by atoms with van der Waals surface area (Å²) in [5.74, 6) is -0.873. The van der Waals surface area contributed by atoms with Gasteiger partial charge in [0, 0.05) is 11.8 Å². The molecule has 1 aromatic carbocycles. The summed E-state index contributed by atoms with van der Waals surface area (Å²) in [5, 5.41) is 2.51. The summed E-state index contributed by atoms with van der Waals surface area (Å²) in [6, 6.07) is 5.60. The Balaban J connectivity index is 2.14. The molecule has 1 amide bonds. The van der Waals surface area contributed by atoms with Crippen LogP contribution in [0.4, 0.5) is 10.1 Å². The fraction of sp³-hybridized carbons (Fsp3) is 0.154. The van der Waals surface area contributed by atoms with E-state index in [2.05, 4.69) is 5.32 Å². The SMILES string of the molecule is CCOc1ccc(NC(=O)c2ccoc2Cl)cc1F. The predicted octanol–water partition coefficient (Wildman–Crippen LogP) is 3.72. The molecular weight excluding hydrogens is 273 g/mol. The average Bonchev–Trinajstić information content (AvgIpc) is 2.79. The Morgan fingerprint density at radius 3 is 2.84 bits per heavy atom. The van der Waals surface area contributed by atoms with Gasteiger partial charge in [0.1, 0.15) is 0 Å². The molecule has 0 atom stereocenters. The van der Waals surface area contributed by atoms with E-state index in [9.17, 15) is 9.18 Å². The fourth-order valence-electron chi connectivity index (χ4n) is 1.51. The largest absolute Gasteiger partial charge is 0.491 e. The lowest BCUT2D eigenvalue weighted by atomic mass is 10.2. The summed E-state index contributed by atoms with van der Waals surface area (Å²) < 4.78 is 23.5. The van der Waals surface area contributed by atoms with Crippen molar-refractivity contribution in [2.75, 3.05) is 11.9 Å². The van der Waals surface area contributed by atoms with Crippen molar-refractivity contribution in [2.24, 2.45) is 0 Å². The quantitative estimate of drug-likeness (QED) is 0.930. The Hall–Kier alpha value is -2.01. The number of amides is 1. The third-order valence-electron chi connectivity index (χ3n) is 2.35. The lowest BCUT2D eigenvalue weighted by Crippen LogP contribution is -2.11. The summed E-state index contributed by atoms with van der Waals surface area (Å²) >= 11 is 5.68. The van der Waals surface area contributed by atoms with Crippen molar-refractivity contribution < 1.29 is 18.3 Å². The van der Waals surface area contributed by atoms with E-state index in [1.807, 2.05) is 0 Å². The second kappa shape index (κ2) is 5.75. The number of hydrogen-bond donors (Lipinski definition) is 1. The van der Waals surface area contributed by atoms with E-state index in [0.717, 1.165) is 0 Å². The Morgan fingerprint density at radius 1 is 1.47 bits per heavy atom. The van der Waals surface area contributed by atoms with E-state index < -0.39 is 11.7 Å². The van der Waals surface area contributed by atoms with Gasteiger partial charge in [-0.15, -0.1) is 0 Å². The summed E-state index contributed by atoms with van der Waals surface area (Å²) in [6.45, 7) is 2.13. The van der Waals surface area contributed by atoms with Crippen LogP contribution in [0, 0.1) is 5.82 Å². The van der Waals surface area contributed by atoms with Gasteiger partial charge in [-0.3, -0.25) is 4.79 Å². The van der Waals surface area contributed by atoms with Gasteiger partial charge >= 0.3 is 0 Å². The number of rotatable bonds is 4. The molecule has 0 spiro atoms. The first-order chi connectivity index (χ1) is 9.11. The van der Waals surface area contributed by atoms with Crippen LogP contribution in [0.15, 0.2) is 34.9 Å². The summed E-state index contributed by atoms with van der Waals surface area (Å²) in [7, 11) is 0. The minimum Gasteiger partial charge on any atom is -0.491 e. The van der Waals surface area contributed by atoms with E-state index in [4.69, 9.17) is 20.8 Å². The van der Waals surface area contributed by atoms with Crippen molar-refractivity contribution in [1.29, 1.82) is 0 Å². The van der Waals surface area contributed by atoms with Crippen LogP contribution in [0.5, 0.6) is 5.75 Å². The topological polar surface area (TPSA) is 51.5 Å². The van der Waals surface area contributed by atoms with Crippen molar-refractivity contribution in [1.82, 2.24) is 0 Å². The average molecular weight is 284 g/mol. The third kappa shape index (κ3) is 3.06. The Kier molecular flexibility index (Phi) is 4.06. The molecule has 2 rings (SSSR count). The standard InChI is InChI=1S/C13H11ClFNO3/c1-2-18-11-4-3-8(7-10(11)15)16-13(17)9-5-6-19-12(9)14/h3-7H,2H2,1H3,(H,16,17). The highest BCUT2D eigenvalue weighted by atomic mass is 35.5. The molecule has 2 aromatic rings. The van der Waals surface area contributed by atoms with Gasteiger partial charge in [0.25, 0.3) is 5.91 Å². The van der Waals surface area contributed by atoms with Crippen LogP contribution in [-0.2, 0) is 0 Å². The molecule has 1 N–H and O–H groups in total. The summed E-state index contributed by atoms with van der Waals surface area (Å²) in [5.41, 5.74) is 0.499.